The first-order valence-corrected chi connectivity index (χ1v) is 5.70. The van der Waals surface area contributed by atoms with Gasteiger partial charge in [-0.15, -0.1) is 0 Å². The molecule has 3 N–H and O–H groups in total. The van der Waals surface area contributed by atoms with Gasteiger partial charge >= 0.3 is 0 Å². The lowest BCUT2D eigenvalue weighted by Gasteiger charge is -2.28. The standard InChI is InChI=1S/C11H21N5O/c1-5-16(9(3)7-17-4)10-6-8(2)13-11(14-10)15-12/h6,9H,5,7,12H2,1-4H3,(H,13,14,15). The number of aryl methyl sites for hydroxylation is 1. The Hall–Kier alpha value is -1.40. The first-order valence-electron chi connectivity index (χ1n) is 5.70. The van der Waals surface area contributed by atoms with Gasteiger partial charge in [0.05, 0.1) is 12.6 Å². The lowest BCUT2D eigenvalue weighted by molar-refractivity contribution is 0.181. The number of nitrogen functional groups attached to an aromatic ring is 1. The minimum atomic E-state index is 0.255. The molecule has 0 fully saturated rings. The number of hydrazine groups is 1. The molecule has 0 saturated carbocycles. The van der Waals surface area contributed by atoms with Crippen molar-refractivity contribution in [3.05, 3.63) is 11.8 Å². The van der Waals surface area contributed by atoms with Crippen molar-refractivity contribution in [1.82, 2.24) is 9.97 Å². The molecule has 1 aromatic rings. The van der Waals surface area contributed by atoms with E-state index in [1.807, 2.05) is 13.0 Å². The number of hydrogen-bond donors (Lipinski definition) is 2. The summed E-state index contributed by atoms with van der Waals surface area (Å²) in [6, 6.07) is 2.20. The zero-order valence-corrected chi connectivity index (χ0v) is 10.9. The number of nitrogens with two attached hydrogens (primary N) is 1. The molecule has 0 amide bonds. The minimum Gasteiger partial charge on any atom is -0.383 e. The average Bonchev–Trinajstić information content (AvgIpc) is 2.29. The number of aromatic nitrogens is 2. The van der Waals surface area contributed by atoms with E-state index in [-0.39, 0.29) is 6.04 Å². The molecule has 0 radical (unpaired) electrons. The van der Waals surface area contributed by atoms with Crippen molar-refractivity contribution < 1.29 is 4.74 Å². The molecule has 0 aliphatic rings. The molecular weight excluding hydrogens is 218 g/mol. The van der Waals surface area contributed by atoms with E-state index in [9.17, 15) is 0 Å². The molecule has 0 spiro atoms. The highest BCUT2D eigenvalue weighted by Gasteiger charge is 2.15. The summed E-state index contributed by atoms with van der Waals surface area (Å²) in [5.41, 5.74) is 3.36. The van der Waals surface area contributed by atoms with Crippen LogP contribution in [-0.4, -0.2) is 36.3 Å². The van der Waals surface area contributed by atoms with Crippen molar-refractivity contribution in [1.29, 1.82) is 0 Å². The van der Waals surface area contributed by atoms with Gasteiger partial charge in [0.25, 0.3) is 0 Å². The summed E-state index contributed by atoms with van der Waals surface area (Å²) in [4.78, 5) is 10.7. The van der Waals surface area contributed by atoms with Gasteiger partial charge in [0.2, 0.25) is 5.95 Å². The first kappa shape index (κ1) is 13.7. The van der Waals surface area contributed by atoms with Crippen LogP contribution in [0.3, 0.4) is 0 Å². The van der Waals surface area contributed by atoms with Crippen LogP contribution < -0.4 is 16.2 Å². The largest absolute Gasteiger partial charge is 0.383 e. The fourth-order valence-electron chi connectivity index (χ4n) is 1.79. The van der Waals surface area contributed by atoms with Crippen molar-refractivity contribution in [2.45, 2.75) is 26.8 Å². The maximum atomic E-state index is 5.35. The third-order valence-corrected chi connectivity index (χ3v) is 2.54. The highest BCUT2D eigenvalue weighted by Crippen LogP contribution is 2.17. The van der Waals surface area contributed by atoms with Crippen molar-refractivity contribution in [3.8, 4) is 0 Å². The zero-order valence-electron chi connectivity index (χ0n) is 10.9. The second-order valence-corrected chi connectivity index (χ2v) is 3.93. The Morgan fingerprint density at radius 3 is 2.76 bits per heavy atom. The molecule has 17 heavy (non-hydrogen) atoms. The third kappa shape index (κ3) is 3.54. The normalized spacial score (nSPS) is 12.3. The zero-order chi connectivity index (χ0) is 12.8. The maximum absolute atomic E-state index is 5.35. The molecule has 0 aromatic carbocycles. The Balaban J connectivity index is 2.98. The number of ether oxygens (including phenoxy) is 1. The van der Waals surface area contributed by atoms with Gasteiger partial charge in [0.1, 0.15) is 5.82 Å². The average molecular weight is 239 g/mol. The van der Waals surface area contributed by atoms with E-state index in [1.165, 1.54) is 0 Å². The molecule has 1 heterocycles. The molecular formula is C11H21N5O. The number of hydrogen-bond acceptors (Lipinski definition) is 6. The Morgan fingerprint density at radius 1 is 1.53 bits per heavy atom. The fourth-order valence-corrected chi connectivity index (χ4v) is 1.79. The van der Waals surface area contributed by atoms with Gasteiger partial charge in [-0.05, 0) is 20.8 Å². The van der Waals surface area contributed by atoms with Gasteiger partial charge in [0, 0.05) is 25.4 Å². The molecule has 0 bridgehead atoms. The summed E-state index contributed by atoms with van der Waals surface area (Å²) < 4.78 is 5.17. The van der Waals surface area contributed by atoms with Crippen LogP contribution in [0.2, 0.25) is 0 Å². The van der Waals surface area contributed by atoms with Crippen LogP contribution in [0.1, 0.15) is 19.5 Å². The van der Waals surface area contributed by atoms with Crippen LogP contribution in [0.4, 0.5) is 11.8 Å². The van der Waals surface area contributed by atoms with Gasteiger partial charge in [-0.1, -0.05) is 0 Å². The smallest absolute Gasteiger partial charge is 0.239 e. The number of nitrogens with one attached hydrogen (secondary N) is 1. The Bertz CT molecular complexity index is 358. The van der Waals surface area contributed by atoms with Crippen LogP contribution in [0.15, 0.2) is 6.07 Å². The summed E-state index contributed by atoms with van der Waals surface area (Å²) >= 11 is 0. The molecule has 1 rings (SSSR count). The highest BCUT2D eigenvalue weighted by molar-refractivity contribution is 5.45. The molecule has 1 unspecified atom stereocenters. The quantitative estimate of drug-likeness (QED) is 0.568. The van der Waals surface area contributed by atoms with E-state index < -0.39 is 0 Å². The Labute approximate surface area is 102 Å². The van der Waals surface area contributed by atoms with Crippen molar-refractivity contribution in [2.75, 3.05) is 30.6 Å². The molecule has 0 aliphatic heterocycles. The number of rotatable bonds is 6. The fraction of sp³-hybridized carbons (Fsp3) is 0.636. The van der Waals surface area contributed by atoms with E-state index in [1.54, 1.807) is 7.11 Å². The topological polar surface area (TPSA) is 76.3 Å². The summed E-state index contributed by atoms with van der Waals surface area (Å²) in [6.45, 7) is 7.60. The summed E-state index contributed by atoms with van der Waals surface area (Å²) in [7, 11) is 1.70. The Kier molecular flexibility index (Phi) is 5.11. The van der Waals surface area contributed by atoms with Gasteiger partial charge in [-0.25, -0.2) is 10.8 Å². The van der Waals surface area contributed by atoms with Gasteiger partial charge in [0.15, 0.2) is 0 Å². The Morgan fingerprint density at radius 2 is 2.24 bits per heavy atom. The van der Waals surface area contributed by atoms with E-state index in [4.69, 9.17) is 10.6 Å². The van der Waals surface area contributed by atoms with E-state index in [0.717, 1.165) is 18.1 Å². The van der Waals surface area contributed by atoms with E-state index in [0.29, 0.717) is 12.6 Å². The second kappa shape index (κ2) is 6.36. The molecule has 0 saturated heterocycles. The monoisotopic (exact) mass is 239 g/mol. The highest BCUT2D eigenvalue weighted by atomic mass is 16.5. The summed E-state index contributed by atoms with van der Waals surface area (Å²) in [6.07, 6.45) is 0. The lowest BCUT2D eigenvalue weighted by atomic mass is 10.3. The van der Waals surface area contributed by atoms with Gasteiger partial charge in [-0.2, -0.15) is 4.98 Å². The van der Waals surface area contributed by atoms with Crippen molar-refractivity contribution in [2.24, 2.45) is 5.84 Å². The molecule has 1 atom stereocenters. The summed E-state index contributed by atoms with van der Waals surface area (Å²) in [5, 5.41) is 0. The molecule has 6 heteroatoms. The van der Waals surface area contributed by atoms with Crippen LogP contribution in [0, 0.1) is 6.92 Å². The molecule has 0 aliphatic carbocycles. The third-order valence-electron chi connectivity index (χ3n) is 2.54. The van der Waals surface area contributed by atoms with Crippen LogP contribution >= 0.6 is 0 Å². The van der Waals surface area contributed by atoms with Gasteiger partial charge < -0.3 is 9.64 Å². The maximum Gasteiger partial charge on any atom is 0.239 e. The SMILES string of the molecule is CCN(c1cc(C)nc(NN)n1)C(C)COC. The van der Waals surface area contributed by atoms with Crippen molar-refractivity contribution in [3.63, 3.8) is 0 Å². The first-order chi connectivity index (χ1) is 8.12. The van der Waals surface area contributed by atoms with Crippen LogP contribution in [-0.2, 0) is 4.74 Å². The molecule has 1 aromatic heterocycles. The van der Waals surface area contributed by atoms with Gasteiger partial charge in [-0.3, -0.25) is 5.43 Å². The number of methoxy groups -OCH3 is 1. The van der Waals surface area contributed by atoms with Crippen LogP contribution in [0.5, 0.6) is 0 Å². The summed E-state index contributed by atoms with van der Waals surface area (Å²) in [5.74, 6) is 6.64. The van der Waals surface area contributed by atoms with Crippen LogP contribution in [0.25, 0.3) is 0 Å². The molecule has 96 valence electrons. The predicted molar refractivity (Wildman–Crippen MR) is 68.9 cm³/mol. The predicted octanol–water partition coefficient (Wildman–Crippen LogP) is 0.932. The molecule has 6 nitrogen and oxygen atoms in total. The van der Waals surface area contributed by atoms with E-state index in [2.05, 4.69) is 34.1 Å². The minimum absolute atomic E-state index is 0.255. The number of anilines is 2. The number of nitrogens with zero attached hydrogens (tertiary/aromatic N) is 3. The second-order valence-electron chi connectivity index (χ2n) is 3.93. The van der Waals surface area contributed by atoms with Crippen molar-refractivity contribution >= 4 is 11.8 Å². The van der Waals surface area contributed by atoms with E-state index >= 15 is 0 Å². The lowest BCUT2D eigenvalue weighted by Crippen LogP contribution is -2.37. The number of likely N-dealkylation sites (N-methyl/N-ethyl adjacent to an activating group) is 1.